The molecular weight excluding hydrogens is 267 g/mol. The smallest absolute Gasteiger partial charge is 0.338 e. The summed E-state index contributed by atoms with van der Waals surface area (Å²) in [6, 6.07) is 1.67. The first-order valence-corrected chi connectivity index (χ1v) is 6.16. The summed E-state index contributed by atoms with van der Waals surface area (Å²) in [5.41, 5.74) is -1.02. The molecule has 110 valence electrons. The van der Waals surface area contributed by atoms with Crippen LogP contribution in [0.15, 0.2) is 12.1 Å². The summed E-state index contributed by atoms with van der Waals surface area (Å²) in [5.74, 6) is -2.10. The zero-order chi connectivity index (χ0) is 15.4. The molecule has 0 saturated heterocycles. The Bertz CT molecular complexity index is 531. The Balaban J connectivity index is 3.21. The minimum Gasteiger partial charge on any atom is -0.478 e. The highest BCUT2D eigenvalue weighted by atomic mass is 19.1. The van der Waals surface area contributed by atoms with Gasteiger partial charge in [0.05, 0.1) is 4.92 Å². The third-order valence-electron chi connectivity index (χ3n) is 2.94. The summed E-state index contributed by atoms with van der Waals surface area (Å²) in [6.45, 7) is 4.54. The number of nitrogens with zero attached hydrogens (tertiary/aromatic N) is 2. The molecule has 0 aromatic heterocycles. The molecule has 1 N–H and O–H groups in total. The van der Waals surface area contributed by atoms with Crippen LogP contribution in [0.3, 0.4) is 0 Å². The molecule has 1 aromatic rings. The molecule has 0 radical (unpaired) electrons. The molecule has 0 fully saturated rings. The molecule has 0 unspecified atom stereocenters. The molecule has 0 bridgehead atoms. The van der Waals surface area contributed by atoms with E-state index in [4.69, 9.17) is 5.11 Å². The Morgan fingerprint density at radius 1 is 1.50 bits per heavy atom. The van der Waals surface area contributed by atoms with Crippen molar-refractivity contribution in [2.24, 2.45) is 5.92 Å². The van der Waals surface area contributed by atoms with Crippen molar-refractivity contribution in [3.8, 4) is 0 Å². The van der Waals surface area contributed by atoms with E-state index in [1.165, 1.54) is 0 Å². The standard InChI is InChI=1S/C13H17FN2O4/c1-8(2)4-5-15(3)11-7-10(14)9(13(17)18)6-12(11)16(19)20/h6-8H,4-5H2,1-3H3,(H,17,18). The number of carboxylic acid groups (broad SMARTS) is 1. The molecule has 1 aromatic carbocycles. The summed E-state index contributed by atoms with van der Waals surface area (Å²) < 4.78 is 13.7. The van der Waals surface area contributed by atoms with E-state index in [2.05, 4.69) is 0 Å². The minimum absolute atomic E-state index is 0.0816. The number of halogens is 1. The van der Waals surface area contributed by atoms with E-state index in [-0.39, 0.29) is 5.69 Å². The van der Waals surface area contributed by atoms with Gasteiger partial charge in [0, 0.05) is 25.7 Å². The average Bonchev–Trinajstić information content (AvgIpc) is 2.34. The SMILES string of the molecule is CC(C)CCN(C)c1cc(F)c(C(=O)O)cc1[N+](=O)[O-]. The second-order valence-electron chi connectivity index (χ2n) is 4.99. The number of hydrogen-bond acceptors (Lipinski definition) is 4. The number of anilines is 1. The third kappa shape index (κ3) is 3.66. The van der Waals surface area contributed by atoms with Crippen LogP contribution in [0.5, 0.6) is 0 Å². The van der Waals surface area contributed by atoms with Gasteiger partial charge in [-0.1, -0.05) is 13.8 Å². The molecule has 0 heterocycles. The lowest BCUT2D eigenvalue weighted by Crippen LogP contribution is -2.21. The second-order valence-corrected chi connectivity index (χ2v) is 4.99. The van der Waals surface area contributed by atoms with Gasteiger partial charge < -0.3 is 10.0 Å². The first kappa shape index (κ1) is 15.9. The van der Waals surface area contributed by atoms with Crippen LogP contribution in [0.25, 0.3) is 0 Å². The van der Waals surface area contributed by atoms with Crippen LogP contribution in [-0.4, -0.2) is 29.6 Å². The van der Waals surface area contributed by atoms with Gasteiger partial charge in [0.2, 0.25) is 0 Å². The monoisotopic (exact) mass is 284 g/mol. The zero-order valence-electron chi connectivity index (χ0n) is 11.6. The van der Waals surface area contributed by atoms with Gasteiger partial charge in [0.25, 0.3) is 5.69 Å². The molecule has 20 heavy (non-hydrogen) atoms. The molecule has 0 aliphatic heterocycles. The average molecular weight is 284 g/mol. The predicted octanol–water partition coefficient (Wildman–Crippen LogP) is 2.91. The fourth-order valence-corrected chi connectivity index (χ4v) is 1.74. The Kier molecular flexibility index (Phi) is 5.01. The summed E-state index contributed by atoms with van der Waals surface area (Å²) in [5, 5.41) is 19.8. The van der Waals surface area contributed by atoms with Crippen molar-refractivity contribution in [1.29, 1.82) is 0 Å². The van der Waals surface area contributed by atoms with E-state index in [9.17, 15) is 19.3 Å². The van der Waals surface area contributed by atoms with E-state index < -0.39 is 28.0 Å². The predicted molar refractivity (Wildman–Crippen MR) is 72.7 cm³/mol. The number of carbonyl (C=O) groups is 1. The van der Waals surface area contributed by atoms with Crippen LogP contribution in [0.4, 0.5) is 15.8 Å². The molecule has 0 saturated carbocycles. The van der Waals surface area contributed by atoms with E-state index in [0.29, 0.717) is 12.5 Å². The molecule has 7 heteroatoms. The van der Waals surface area contributed by atoms with Gasteiger partial charge in [-0.2, -0.15) is 0 Å². The fraction of sp³-hybridized carbons (Fsp3) is 0.462. The maximum Gasteiger partial charge on any atom is 0.338 e. The highest BCUT2D eigenvalue weighted by molar-refractivity contribution is 5.90. The number of nitro groups is 1. The Labute approximate surface area is 116 Å². The van der Waals surface area contributed by atoms with E-state index in [1.807, 2.05) is 13.8 Å². The molecular formula is C13H17FN2O4. The van der Waals surface area contributed by atoms with E-state index in [0.717, 1.165) is 18.6 Å². The number of rotatable bonds is 6. The lowest BCUT2D eigenvalue weighted by Gasteiger charge is -2.20. The first-order valence-electron chi connectivity index (χ1n) is 6.16. The van der Waals surface area contributed by atoms with Gasteiger partial charge in [0.1, 0.15) is 17.1 Å². The molecule has 0 spiro atoms. The van der Waals surface area contributed by atoms with Crippen molar-refractivity contribution in [3.63, 3.8) is 0 Å². The third-order valence-corrected chi connectivity index (χ3v) is 2.94. The summed E-state index contributed by atoms with van der Waals surface area (Å²) in [6.07, 6.45) is 0.788. The summed E-state index contributed by atoms with van der Waals surface area (Å²) >= 11 is 0. The Morgan fingerprint density at radius 2 is 2.10 bits per heavy atom. The van der Waals surface area contributed by atoms with E-state index >= 15 is 0 Å². The van der Waals surface area contributed by atoms with Crippen LogP contribution in [0.1, 0.15) is 30.6 Å². The fourth-order valence-electron chi connectivity index (χ4n) is 1.74. The van der Waals surface area contributed by atoms with Gasteiger partial charge >= 0.3 is 5.97 Å². The number of hydrogen-bond donors (Lipinski definition) is 1. The molecule has 6 nitrogen and oxygen atoms in total. The molecule has 1 rings (SSSR count). The molecule has 0 aliphatic rings. The summed E-state index contributed by atoms with van der Waals surface area (Å²) in [7, 11) is 1.62. The lowest BCUT2D eigenvalue weighted by molar-refractivity contribution is -0.384. The molecule has 0 atom stereocenters. The van der Waals surface area contributed by atoms with Crippen molar-refractivity contribution in [1.82, 2.24) is 0 Å². The van der Waals surface area contributed by atoms with Crippen LogP contribution in [0.2, 0.25) is 0 Å². The number of carboxylic acids is 1. The lowest BCUT2D eigenvalue weighted by atomic mass is 10.1. The minimum atomic E-state index is -1.53. The van der Waals surface area contributed by atoms with Crippen LogP contribution >= 0.6 is 0 Å². The Hall–Kier alpha value is -2.18. The van der Waals surface area contributed by atoms with Crippen molar-refractivity contribution in [2.45, 2.75) is 20.3 Å². The maximum atomic E-state index is 13.7. The molecule has 0 amide bonds. The zero-order valence-corrected chi connectivity index (χ0v) is 11.6. The number of benzene rings is 1. The highest BCUT2D eigenvalue weighted by Gasteiger charge is 2.23. The van der Waals surface area contributed by atoms with Crippen LogP contribution in [-0.2, 0) is 0 Å². The van der Waals surface area contributed by atoms with Gasteiger partial charge in [-0.15, -0.1) is 0 Å². The van der Waals surface area contributed by atoms with Crippen molar-refractivity contribution < 1.29 is 19.2 Å². The van der Waals surface area contributed by atoms with Gasteiger partial charge in [-0.05, 0) is 12.3 Å². The largest absolute Gasteiger partial charge is 0.478 e. The first-order chi connectivity index (χ1) is 9.23. The van der Waals surface area contributed by atoms with Crippen molar-refractivity contribution >= 4 is 17.3 Å². The van der Waals surface area contributed by atoms with Gasteiger partial charge in [-0.3, -0.25) is 10.1 Å². The molecule has 0 aliphatic carbocycles. The quantitative estimate of drug-likeness (QED) is 0.641. The summed E-state index contributed by atoms with van der Waals surface area (Å²) in [4.78, 5) is 22.7. The maximum absolute atomic E-state index is 13.7. The second kappa shape index (κ2) is 6.31. The van der Waals surface area contributed by atoms with Gasteiger partial charge in [0.15, 0.2) is 0 Å². The number of nitro benzene ring substituents is 1. The van der Waals surface area contributed by atoms with Crippen LogP contribution in [0, 0.1) is 21.8 Å². The number of aromatic carboxylic acids is 1. The highest BCUT2D eigenvalue weighted by Crippen LogP contribution is 2.30. The topological polar surface area (TPSA) is 83.7 Å². The van der Waals surface area contributed by atoms with Crippen molar-refractivity contribution in [2.75, 3.05) is 18.5 Å². The van der Waals surface area contributed by atoms with Gasteiger partial charge in [-0.25, -0.2) is 9.18 Å². The van der Waals surface area contributed by atoms with Crippen molar-refractivity contribution in [3.05, 3.63) is 33.6 Å². The normalized spacial score (nSPS) is 10.7. The van der Waals surface area contributed by atoms with Crippen LogP contribution < -0.4 is 4.90 Å². The Morgan fingerprint density at radius 3 is 2.55 bits per heavy atom. The van der Waals surface area contributed by atoms with E-state index in [1.54, 1.807) is 11.9 Å².